The number of aromatic nitrogens is 1. The Bertz CT molecular complexity index is 903. The van der Waals surface area contributed by atoms with Crippen molar-refractivity contribution in [3.63, 3.8) is 0 Å². The predicted octanol–water partition coefficient (Wildman–Crippen LogP) is 6.18. The summed E-state index contributed by atoms with van der Waals surface area (Å²) in [7, 11) is 0. The van der Waals surface area contributed by atoms with Gasteiger partial charge in [0.15, 0.2) is 0 Å². The molecular formula is C18H15Cl2N3S. The van der Waals surface area contributed by atoms with Gasteiger partial charge in [0.1, 0.15) is 0 Å². The summed E-state index contributed by atoms with van der Waals surface area (Å²) in [6.45, 7) is 4.21. The van der Waals surface area contributed by atoms with E-state index in [1.54, 1.807) is 18.3 Å². The highest BCUT2D eigenvalue weighted by Crippen LogP contribution is 2.26. The Balaban J connectivity index is 1.70. The van der Waals surface area contributed by atoms with E-state index in [2.05, 4.69) is 47.6 Å². The summed E-state index contributed by atoms with van der Waals surface area (Å²) < 4.78 is 0. The van der Waals surface area contributed by atoms with E-state index in [0.29, 0.717) is 10.0 Å². The van der Waals surface area contributed by atoms with E-state index in [1.807, 2.05) is 11.4 Å². The molecule has 1 N–H and O–H groups in total. The summed E-state index contributed by atoms with van der Waals surface area (Å²) in [5.41, 5.74) is 8.39. The quantitative estimate of drug-likeness (QED) is 0.436. The van der Waals surface area contributed by atoms with Crippen LogP contribution in [0.1, 0.15) is 16.7 Å². The first-order chi connectivity index (χ1) is 11.5. The molecule has 1 aromatic heterocycles. The fraction of sp³-hybridized carbons (Fsp3) is 0.111. The molecule has 0 saturated carbocycles. The van der Waals surface area contributed by atoms with Crippen LogP contribution in [0.15, 0.2) is 46.9 Å². The molecule has 3 rings (SSSR count). The minimum Gasteiger partial charge on any atom is -0.253 e. The highest BCUT2D eigenvalue weighted by molar-refractivity contribution is 7.14. The van der Waals surface area contributed by atoms with Gasteiger partial charge in [0.05, 0.1) is 22.0 Å². The van der Waals surface area contributed by atoms with Gasteiger partial charge < -0.3 is 0 Å². The summed E-state index contributed by atoms with van der Waals surface area (Å²) >= 11 is 13.4. The van der Waals surface area contributed by atoms with Gasteiger partial charge in [-0.3, -0.25) is 5.43 Å². The maximum Gasteiger partial charge on any atom is 0.203 e. The molecule has 3 aromatic rings. The van der Waals surface area contributed by atoms with E-state index >= 15 is 0 Å². The second-order valence-corrected chi connectivity index (χ2v) is 7.05. The number of nitrogens with one attached hydrogen (secondary N) is 1. The third-order valence-electron chi connectivity index (χ3n) is 3.62. The Morgan fingerprint density at radius 3 is 2.62 bits per heavy atom. The van der Waals surface area contributed by atoms with Crippen molar-refractivity contribution in [1.29, 1.82) is 0 Å². The second kappa shape index (κ2) is 7.34. The van der Waals surface area contributed by atoms with E-state index in [1.165, 1.54) is 22.5 Å². The maximum atomic E-state index is 5.98. The van der Waals surface area contributed by atoms with Crippen molar-refractivity contribution in [2.24, 2.45) is 5.10 Å². The van der Waals surface area contributed by atoms with Gasteiger partial charge in [0, 0.05) is 10.9 Å². The third-order valence-corrected chi connectivity index (χ3v) is 5.11. The molecule has 122 valence electrons. The average Bonchev–Trinajstić information content (AvgIpc) is 3.02. The summed E-state index contributed by atoms with van der Waals surface area (Å²) in [6.07, 6.45) is 1.68. The second-order valence-electron chi connectivity index (χ2n) is 5.38. The zero-order valence-corrected chi connectivity index (χ0v) is 15.5. The molecule has 0 spiro atoms. The van der Waals surface area contributed by atoms with Gasteiger partial charge in [-0.2, -0.15) is 5.10 Å². The number of rotatable bonds is 4. The number of halogens is 2. The number of benzene rings is 2. The fourth-order valence-corrected chi connectivity index (χ4v) is 3.09. The van der Waals surface area contributed by atoms with Crippen LogP contribution >= 0.6 is 34.5 Å². The third kappa shape index (κ3) is 3.96. The molecule has 0 saturated heterocycles. The fourth-order valence-electron chi connectivity index (χ4n) is 2.11. The Labute approximate surface area is 155 Å². The van der Waals surface area contributed by atoms with Crippen LogP contribution in [0, 0.1) is 13.8 Å². The van der Waals surface area contributed by atoms with E-state index in [0.717, 1.165) is 22.0 Å². The van der Waals surface area contributed by atoms with Crippen LogP contribution in [0.4, 0.5) is 5.13 Å². The Morgan fingerprint density at radius 1 is 1.04 bits per heavy atom. The van der Waals surface area contributed by atoms with Gasteiger partial charge in [-0.15, -0.1) is 11.3 Å². The molecule has 0 unspecified atom stereocenters. The summed E-state index contributed by atoms with van der Waals surface area (Å²) in [6, 6.07) is 11.7. The predicted molar refractivity (Wildman–Crippen MR) is 105 cm³/mol. The van der Waals surface area contributed by atoms with Crippen LogP contribution in [0.25, 0.3) is 11.3 Å². The maximum absolute atomic E-state index is 5.98. The number of hydrogen-bond donors (Lipinski definition) is 1. The Hall–Kier alpha value is -1.88. The number of nitrogens with zero attached hydrogens (tertiary/aromatic N) is 2. The molecule has 1 heterocycles. The van der Waals surface area contributed by atoms with Gasteiger partial charge in [-0.05, 0) is 48.7 Å². The first-order valence-electron chi connectivity index (χ1n) is 7.30. The molecule has 0 radical (unpaired) electrons. The molecule has 0 aliphatic carbocycles. The van der Waals surface area contributed by atoms with Crippen LogP contribution in [0.3, 0.4) is 0 Å². The van der Waals surface area contributed by atoms with E-state index in [9.17, 15) is 0 Å². The van der Waals surface area contributed by atoms with Crippen molar-refractivity contribution in [3.05, 3.63) is 68.5 Å². The van der Waals surface area contributed by atoms with Crippen molar-refractivity contribution in [2.45, 2.75) is 13.8 Å². The smallest absolute Gasteiger partial charge is 0.203 e. The zero-order valence-electron chi connectivity index (χ0n) is 13.2. The lowest BCUT2D eigenvalue weighted by molar-refractivity contribution is 1.28. The number of hydrogen-bond acceptors (Lipinski definition) is 4. The molecule has 0 aliphatic rings. The number of hydrazone groups is 1. The minimum atomic E-state index is 0.506. The van der Waals surface area contributed by atoms with Gasteiger partial charge in [0.2, 0.25) is 5.13 Å². The topological polar surface area (TPSA) is 37.3 Å². The van der Waals surface area contributed by atoms with Crippen LogP contribution in [-0.2, 0) is 0 Å². The van der Waals surface area contributed by atoms with Crippen molar-refractivity contribution in [3.8, 4) is 11.3 Å². The molecule has 6 heteroatoms. The average molecular weight is 376 g/mol. The summed E-state index contributed by atoms with van der Waals surface area (Å²) in [5.74, 6) is 0. The Kier molecular flexibility index (Phi) is 5.19. The van der Waals surface area contributed by atoms with Crippen LogP contribution < -0.4 is 5.43 Å². The summed E-state index contributed by atoms with van der Waals surface area (Å²) in [5, 5.41) is 7.98. The largest absolute Gasteiger partial charge is 0.253 e. The highest BCUT2D eigenvalue weighted by Gasteiger charge is 2.05. The highest BCUT2D eigenvalue weighted by atomic mass is 35.5. The van der Waals surface area contributed by atoms with Gasteiger partial charge in [-0.1, -0.05) is 41.4 Å². The SMILES string of the molecule is Cc1ccc(-c2csc(N/N=C\c3ccc(Cl)c(Cl)c3)n2)cc1C. The molecule has 2 aromatic carbocycles. The number of thiazole rings is 1. The van der Waals surface area contributed by atoms with Crippen molar-refractivity contribution >= 4 is 45.9 Å². The van der Waals surface area contributed by atoms with E-state index < -0.39 is 0 Å². The molecule has 0 amide bonds. The van der Waals surface area contributed by atoms with Crippen molar-refractivity contribution in [2.75, 3.05) is 5.43 Å². The normalized spacial score (nSPS) is 11.2. The summed E-state index contributed by atoms with van der Waals surface area (Å²) in [4.78, 5) is 4.56. The zero-order chi connectivity index (χ0) is 17.1. The van der Waals surface area contributed by atoms with Gasteiger partial charge in [0.25, 0.3) is 0 Å². The molecule has 3 nitrogen and oxygen atoms in total. The molecule has 0 bridgehead atoms. The van der Waals surface area contributed by atoms with Crippen LogP contribution in [-0.4, -0.2) is 11.2 Å². The lowest BCUT2D eigenvalue weighted by atomic mass is 10.1. The minimum absolute atomic E-state index is 0.506. The van der Waals surface area contributed by atoms with Crippen LogP contribution in [0.5, 0.6) is 0 Å². The van der Waals surface area contributed by atoms with E-state index in [4.69, 9.17) is 23.2 Å². The van der Waals surface area contributed by atoms with Gasteiger partial charge in [-0.25, -0.2) is 4.98 Å². The lowest BCUT2D eigenvalue weighted by Gasteiger charge is -2.02. The lowest BCUT2D eigenvalue weighted by Crippen LogP contribution is -1.90. The van der Waals surface area contributed by atoms with Crippen molar-refractivity contribution in [1.82, 2.24) is 4.98 Å². The van der Waals surface area contributed by atoms with Gasteiger partial charge >= 0.3 is 0 Å². The van der Waals surface area contributed by atoms with E-state index in [-0.39, 0.29) is 0 Å². The van der Waals surface area contributed by atoms with Crippen molar-refractivity contribution < 1.29 is 0 Å². The molecule has 24 heavy (non-hydrogen) atoms. The Morgan fingerprint density at radius 2 is 1.88 bits per heavy atom. The molecule has 0 atom stereocenters. The number of aryl methyl sites for hydroxylation is 2. The first kappa shape index (κ1) is 17.0. The molecular weight excluding hydrogens is 361 g/mol. The molecule has 0 fully saturated rings. The standard InChI is InChI=1S/C18H15Cl2N3S/c1-11-3-5-14(7-12(11)2)17-10-24-18(22-17)23-21-9-13-4-6-15(19)16(20)8-13/h3-10H,1-2H3,(H,22,23)/b21-9-. The number of anilines is 1. The monoisotopic (exact) mass is 375 g/mol. The van der Waals surface area contributed by atoms with Crippen LogP contribution in [0.2, 0.25) is 10.0 Å². The molecule has 0 aliphatic heterocycles. The first-order valence-corrected chi connectivity index (χ1v) is 8.94.